The number of carbonyl (C=O) groups is 2. The van der Waals surface area contributed by atoms with E-state index in [1.54, 1.807) is 56.7 Å². The average molecular weight is 1090 g/mol. The molecule has 9 nitrogen and oxygen atoms in total. The van der Waals surface area contributed by atoms with Crippen LogP contribution in [0.25, 0.3) is 0 Å². The van der Waals surface area contributed by atoms with E-state index in [4.69, 9.17) is 107 Å². The summed E-state index contributed by atoms with van der Waals surface area (Å²) in [7, 11) is 3.36. The average Bonchev–Trinajstić information content (AvgIpc) is 3.30. The lowest BCUT2D eigenvalue weighted by Crippen LogP contribution is -2.59. The Balaban J connectivity index is 0.000000193. The number of aliphatic carboxylic acids is 1. The van der Waals surface area contributed by atoms with Crippen molar-refractivity contribution in [1.29, 1.82) is 0 Å². The van der Waals surface area contributed by atoms with Gasteiger partial charge in [-0.3, -0.25) is 9.59 Å². The molecule has 0 radical (unpaired) electrons. The number of hydrogen-bond acceptors (Lipinski definition) is 7. The quantitative estimate of drug-likeness (QED) is 0.125. The summed E-state index contributed by atoms with van der Waals surface area (Å²) >= 11 is 49.3. The molecule has 0 spiro atoms. The molecule has 8 rings (SSSR count). The number of amides is 1. The topological polar surface area (TPSA) is 94.6 Å². The van der Waals surface area contributed by atoms with Crippen LogP contribution >= 0.6 is 92.8 Å². The normalized spacial score (nSPS) is 17.9. The monoisotopic (exact) mass is 1090 g/mol. The van der Waals surface area contributed by atoms with Crippen molar-refractivity contribution in [1.82, 2.24) is 10.2 Å². The molecule has 6 aromatic rings. The van der Waals surface area contributed by atoms with Crippen LogP contribution < -0.4 is 15.1 Å². The number of carboxylic acid groups (broad SMARTS) is 1. The van der Waals surface area contributed by atoms with Gasteiger partial charge in [-0.05, 0) is 107 Å². The van der Waals surface area contributed by atoms with Gasteiger partial charge in [0.15, 0.2) is 0 Å². The highest BCUT2D eigenvalue weighted by molar-refractivity contribution is 6.37. The molecule has 1 amide bonds. The third-order valence-electron chi connectivity index (χ3n) is 11.5. The van der Waals surface area contributed by atoms with Crippen molar-refractivity contribution in [3.63, 3.8) is 0 Å². The van der Waals surface area contributed by atoms with Crippen LogP contribution in [-0.4, -0.2) is 87.6 Å². The first-order chi connectivity index (χ1) is 33.1. The van der Waals surface area contributed by atoms with Gasteiger partial charge >= 0.3 is 5.97 Å². The molecule has 17 heteroatoms. The second-order valence-electron chi connectivity index (χ2n) is 16.2. The molecular weight excluding hydrogens is 1040 g/mol. The highest BCUT2D eigenvalue weighted by atomic mass is 35.5. The van der Waals surface area contributed by atoms with Crippen LogP contribution in [0, 0.1) is 0 Å². The van der Waals surface area contributed by atoms with E-state index in [2.05, 4.69) is 27.2 Å². The molecule has 0 bridgehead atoms. The molecule has 0 unspecified atom stereocenters. The first-order valence-corrected chi connectivity index (χ1v) is 24.8. The molecule has 0 aliphatic carbocycles. The van der Waals surface area contributed by atoms with Gasteiger partial charge in [0.05, 0.1) is 71.6 Å². The number of carbonyl (C=O) groups excluding carboxylic acids is 1. The summed E-state index contributed by atoms with van der Waals surface area (Å²) in [5, 5.41) is 16.9. The van der Waals surface area contributed by atoms with E-state index < -0.39 is 5.97 Å². The largest absolute Gasteiger partial charge is 0.481 e. The lowest BCUT2D eigenvalue weighted by molar-refractivity contribution is -0.136. The molecule has 6 aromatic carbocycles. The molecule has 2 aliphatic heterocycles. The fourth-order valence-electron chi connectivity index (χ4n) is 8.58. The number of carboxylic acids is 1. The minimum absolute atomic E-state index is 0.0186. The summed E-state index contributed by atoms with van der Waals surface area (Å²) in [5.41, 5.74) is 5.61. The first kappa shape index (κ1) is 54.4. The molecule has 2 N–H and O–H groups in total. The van der Waals surface area contributed by atoms with Crippen molar-refractivity contribution >= 4 is 116 Å². The van der Waals surface area contributed by atoms with E-state index in [1.165, 1.54) is 5.56 Å². The molecular formula is C52H50Cl8N4O5. The van der Waals surface area contributed by atoms with Crippen LogP contribution in [0.4, 0.5) is 11.4 Å². The standard InChI is InChI=1S/C26H24Cl4N2O2.C18H19Cl3N2O.C8H7ClO2/c1-34-16-24-26(18-5-7-19(27)8-6-18)32(23-10-9-21(29)15-22(23)30)12-11-31(24)25(33)14-17-3-2-4-20(28)13-17;1-24-11-16-18(12-2-4-13(19)5-3-12)23(9-8-22-16)17-7-6-14(20)10-15(17)21;9-7-3-1-2-6(4-7)5-8(10)11/h2-10,13,15,24,26H,11-12,14,16H2,1H3;2-7,10,16,18,22H,8-9,11H2,1H3;1-4H,5H2,(H,10,11)/t24-,26+;16-,18+;/m11./s1. The van der Waals surface area contributed by atoms with Crippen LogP contribution in [0.2, 0.25) is 40.2 Å². The molecule has 69 heavy (non-hydrogen) atoms. The predicted molar refractivity (Wildman–Crippen MR) is 285 cm³/mol. The number of halogens is 8. The van der Waals surface area contributed by atoms with Gasteiger partial charge in [0, 0.05) is 70.5 Å². The summed E-state index contributed by atoms with van der Waals surface area (Å²) < 4.78 is 11.0. The van der Waals surface area contributed by atoms with Gasteiger partial charge in [0.1, 0.15) is 0 Å². The molecule has 2 saturated heterocycles. The summed E-state index contributed by atoms with van der Waals surface area (Å²) in [6, 6.07) is 40.7. The lowest BCUT2D eigenvalue weighted by atomic mass is 9.92. The number of hydrogen-bond donors (Lipinski definition) is 2. The second-order valence-corrected chi connectivity index (χ2v) is 19.6. The molecule has 2 aliphatic rings. The Labute approximate surface area is 443 Å². The molecule has 0 saturated carbocycles. The predicted octanol–water partition coefficient (Wildman–Crippen LogP) is 13.7. The van der Waals surface area contributed by atoms with E-state index in [0.717, 1.165) is 46.2 Å². The fourth-order valence-corrected chi connectivity index (χ4v) is 10.3. The maximum Gasteiger partial charge on any atom is 0.307 e. The van der Waals surface area contributed by atoms with Crippen LogP contribution in [-0.2, 0) is 31.9 Å². The van der Waals surface area contributed by atoms with E-state index in [9.17, 15) is 9.59 Å². The number of rotatable bonds is 12. The lowest BCUT2D eigenvalue weighted by Gasteiger charge is -2.49. The third kappa shape index (κ3) is 15.3. The van der Waals surface area contributed by atoms with Gasteiger partial charge in [0.25, 0.3) is 0 Å². The third-order valence-corrected chi connectivity index (χ3v) is 13.6. The minimum atomic E-state index is -0.840. The zero-order valence-corrected chi connectivity index (χ0v) is 43.7. The number of ether oxygens (including phenoxy) is 2. The number of anilines is 2. The van der Waals surface area contributed by atoms with Crippen LogP contribution in [0.5, 0.6) is 0 Å². The number of nitrogens with one attached hydrogen (secondary N) is 1. The number of nitrogens with zero attached hydrogens (tertiary/aromatic N) is 3. The zero-order valence-electron chi connectivity index (χ0n) is 37.6. The van der Waals surface area contributed by atoms with Crippen molar-refractivity contribution in [2.75, 3.05) is 63.4 Å². The second kappa shape index (κ2) is 26.5. The van der Waals surface area contributed by atoms with Gasteiger partial charge in [-0.25, -0.2) is 0 Å². The highest BCUT2D eigenvalue weighted by Gasteiger charge is 2.41. The summed E-state index contributed by atoms with van der Waals surface area (Å²) in [6.07, 6.45) is 0.288. The van der Waals surface area contributed by atoms with Crippen molar-refractivity contribution in [3.8, 4) is 0 Å². The maximum atomic E-state index is 13.5. The van der Waals surface area contributed by atoms with E-state index in [0.29, 0.717) is 61.5 Å². The molecule has 2 fully saturated rings. The molecule has 4 atom stereocenters. The Morgan fingerprint density at radius 2 is 1.01 bits per heavy atom. The van der Waals surface area contributed by atoms with Crippen molar-refractivity contribution in [2.45, 2.75) is 37.0 Å². The smallest absolute Gasteiger partial charge is 0.307 e. The summed E-state index contributed by atoms with van der Waals surface area (Å²) in [6.45, 7) is 3.78. The van der Waals surface area contributed by atoms with Gasteiger partial charge in [-0.1, -0.05) is 141 Å². The Hall–Kier alpha value is -3.94. The number of piperazine rings is 2. The van der Waals surface area contributed by atoms with E-state index in [1.807, 2.05) is 83.8 Å². The Morgan fingerprint density at radius 3 is 1.49 bits per heavy atom. The Morgan fingerprint density at radius 1 is 0.551 bits per heavy atom. The molecule has 364 valence electrons. The SMILES string of the molecule is COC[C@@H]1[C@H](c2ccc(Cl)cc2)N(c2ccc(Cl)cc2Cl)CCN1C(=O)Cc1cccc(Cl)c1.COC[C@H]1NCCN(c2ccc(Cl)cc2Cl)[C@H]1c1ccc(Cl)cc1.O=C(O)Cc1cccc(Cl)c1. The molecule has 0 aromatic heterocycles. The summed E-state index contributed by atoms with van der Waals surface area (Å²) in [5.74, 6) is -0.822. The minimum Gasteiger partial charge on any atom is -0.481 e. The van der Waals surface area contributed by atoms with Crippen LogP contribution in [0.15, 0.2) is 133 Å². The van der Waals surface area contributed by atoms with E-state index >= 15 is 0 Å². The number of methoxy groups -OCH3 is 2. The zero-order chi connectivity index (χ0) is 49.6. The maximum absolute atomic E-state index is 13.5. The van der Waals surface area contributed by atoms with Gasteiger partial charge in [-0.2, -0.15) is 0 Å². The summed E-state index contributed by atoms with van der Waals surface area (Å²) in [4.78, 5) is 30.2. The fraction of sp³-hybridized carbons (Fsp3) is 0.269. The van der Waals surface area contributed by atoms with Crippen LogP contribution in [0.1, 0.15) is 34.3 Å². The molecule has 2 heterocycles. The van der Waals surface area contributed by atoms with Gasteiger partial charge in [-0.15, -0.1) is 0 Å². The van der Waals surface area contributed by atoms with Crippen molar-refractivity contribution in [3.05, 3.63) is 196 Å². The van der Waals surface area contributed by atoms with Crippen LogP contribution in [0.3, 0.4) is 0 Å². The number of benzene rings is 6. The first-order valence-electron chi connectivity index (χ1n) is 21.8. The van der Waals surface area contributed by atoms with Gasteiger partial charge in [0.2, 0.25) is 5.91 Å². The van der Waals surface area contributed by atoms with E-state index in [-0.39, 0.29) is 42.9 Å². The Bertz CT molecular complexity index is 2640. The van der Waals surface area contributed by atoms with Crippen molar-refractivity contribution < 1.29 is 24.2 Å². The highest BCUT2D eigenvalue weighted by Crippen LogP contribution is 2.41. The Kier molecular flexibility index (Phi) is 20.9. The van der Waals surface area contributed by atoms with Gasteiger partial charge < -0.3 is 34.6 Å². The van der Waals surface area contributed by atoms with Crippen molar-refractivity contribution in [2.24, 2.45) is 0 Å².